The van der Waals surface area contributed by atoms with Crippen molar-refractivity contribution in [2.45, 2.75) is 6.92 Å². The van der Waals surface area contributed by atoms with Gasteiger partial charge in [-0.25, -0.2) is 0 Å². The summed E-state index contributed by atoms with van der Waals surface area (Å²) < 4.78 is 6.01. The van der Waals surface area contributed by atoms with Crippen LogP contribution >= 0.6 is 15.9 Å². The van der Waals surface area contributed by atoms with Crippen molar-refractivity contribution in [2.24, 2.45) is 0 Å². The third kappa shape index (κ3) is 1.83. The molecule has 0 atom stereocenters. The molecule has 0 radical (unpaired) electrons. The fourth-order valence-electron chi connectivity index (χ4n) is 1.38. The van der Waals surface area contributed by atoms with E-state index in [9.17, 15) is 0 Å². The Balaban J connectivity index is 2.54. The van der Waals surface area contributed by atoms with Crippen LogP contribution in [0.25, 0.3) is 11.3 Å². The summed E-state index contributed by atoms with van der Waals surface area (Å²) >= 11 is 3.33. The Morgan fingerprint density at radius 1 is 1.33 bits per heavy atom. The maximum Gasteiger partial charge on any atom is 0.292 e. The number of nitrogens with zero attached hydrogens (tertiary/aromatic N) is 1. The van der Waals surface area contributed by atoms with E-state index in [4.69, 9.17) is 15.9 Å². The fourth-order valence-corrected chi connectivity index (χ4v) is 1.62. The first-order valence-electron chi connectivity index (χ1n) is 4.36. The lowest BCUT2D eigenvalue weighted by Crippen LogP contribution is -1.89. The smallest absolute Gasteiger partial charge is 0.292 e. The zero-order valence-corrected chi connectivity index (χ0v) is 9.71. The number of anilines is 2. The molecular weight excluding hydrogens is 258 g/mol. The molecule has 0 bridgehead atoms. The van der Waals surface area contributed by atoms with Gasteiger partial charge >= 0.3 is 0 Å². The monoisotopic (exact) mass is 267 g/mol. The summed E-state index contributed by atoms with van der Waals surface area (Å²) in [7, 11) is 0. The molecular formula is C10H10BrN3O. The molecule has 0 unspecified atom stereocenters. The molecule has 0 amide bonds. The summed E-state index contributed by atoms with van der Waals surface area (Å²) in [6.45, 7) is 1.82. The predicted octanol–water partition coefficient (Wildman–Crippen LogP) is 2.58. The Kier molecular flexibility index (Phi) is 2.40. The van der Waals surface area contributed by atoms with Gasteiger partial charge in [-0.3, -0.25) is 0 Å². The first-order chi connectivity index (χ1) is 7.08. The quantitative estimate of drug-likeness (QED) is 0.779. The number of aromatic nitrogens is 1. The Morgan fingerprint density at radius 3 is 2.60 bits per heavy atom. The Bertz CT molecular complexity index is 507. The molecule has 4 N–H and O–H groups in total. The van der Waals surface area contributed by atoms with Crippen LogP contribution in [-0.2, 0) is 0 Å². The van der Waals surface area contributed by atoms with Crippen molar-refractivity contribution in [1.82, 2.24) is 4.98 Å². The van der Waals surface area contributed by atoms with Crippen LogP contribution in [0, 0.1) is 6.92 Å². The van der Waals surface area contributed by atoms with E-state index in [2.05, 4.69) is 20.9 Å². The molecule has 2 aromatic rings. The first kappa shape index (κ1) is 10.0. The second-order valence-corrected chi connectivity index (χ2v) is 4.05. The summed E-state index contributed by atoms with van der Waals surface area (Å²) in [5, 5.41) is 0. The summed E-state index contributed by atoms with van der Waals surface area (Å²) in [6.07, 6.45) is 0. The predicted molar refractivity (Wildman–Crippen MR) is 63.2 cm³/mol. The van der Waals surface area contributed by atoms with E-state index in [-0.39, 0.29) is 6.01 Å². The third-order valence-electron chi connectivity index (χ3n) is 2.08. The zero-order chi connectivity index (χ0) is 11.0. The van der Waals surface area contributed by atoms with Gasteiger partial charge in [-0.2, -0.15) is 4.98 Å². The molecule has 0 spiro atoms. The average molecular weight is 268 g/mol. The molecule has 1 aromatic carbocycles. The summed E-state index contributed by atoms with van der Waals surface area (Å²) in [5.41, 5.74) is 13.5. The highest BCUT2D eigenvalue weighted by atomic mass is 79.9. The third-order valence-corrected chi connectivity index (χ3v) is 2.80. The van der Waals surface area contributed by atoms with Crippen molar-refractivity contribution < 1.29 is 4.42 Å². The van der Waals surface area contributed by atoms with Crippen LogP contribution in [0.5, 0.6) is 0 Å². The van der Waals surface area contributed by atoms with Crippen molar-refractivity contribution in [2.75, 3.05) is 11.5 Å². The second kappa shape index (κ2) is 3.58. The van der Waals surface area contributed by atoms with Gasteiger partial charge in [0.15, 0.2) is 0 Å². The minimum atomic E-state index is 0.170. The number of rotatable bonds is 1. The van der Waals surface area contributed by atoms with Gasteiger partial charge in [-0.1, -0.05) is 6.07 Å². The number of halogens is 1. The van der Waals surface area contributed by atoms with Crippen LogP contribution in [-0.4, -0.2) is 4.98 Å². The molecule has 0 fully saturated rings. The lowest BCUT2D eigenvalue weighted by Gasteiger charge is -2.01. The van der Waals surface area contributed by atoms with Gasteiger partial charge < -0.3 is 15.9 Å². The standard InChI is InChI=1S/C10H10BrN3O/c1-5-9(14-10(13)15-5)6-2-3-7(11)8(12)4-6/h2-4H,12H2,1H3,(H2,13,14). The van der Waals surface area contributed by atoms with Crippen molar-refractivity contribution in [3.05, 3.63) is 28.4 Å². The van der Waals surface area contributed by atoms with Gasteiger partial charge in [0.25, 0.3) is 6.01 Å². The van der Waals surface area contributed by atoms with Gasteiger partial charge in [0.1, 0.15) is 11.5 Å². The molecule has 1 aromatic heterocycles. The molecule has 5 heteroatoms. The number of nitrogen functional groups attached to an aromatic ring is 2. The highest BCUT2D eigenvalue weighted by Crippen LogP contribution is 2.29. The molecule has 0 aliphatic rings. The van der Waals surface area contributed by atoms with Gasteiger partial charge in [0.2, 0.25) is 0 Å². The number of aryl methyl sites for hydroxylation is 1. The Hall–Kier alpha value is -1.49. The molecule has 78 valence electrons. The lowest BCUT2D eigenvalue weighted by atomic mass is 10.1. The highest BCUT2D eigenvalue weighted by molar-refractivity contribution is 9.10. The van der Waals surface area contributed by atoms with Crippen molar-refractivity contribution in [3.63, 3.8) is 0 Å². The van der Waals surface area contributed by atoms with E-state index in [0.29, 0.717) is 11.4 Å². The Morgan fingerprint density at radius 2 is 2.07 bits per heavy atom. The average Bonchev–Trinajstić information content (AvgIpc) is 2.50. The fraction of sp³-hybridized carbons (Fsp3) is 0.100. The molecule has 15 heavy (non-hydrogen) atoms. The van der Waals surface area contributed by atoms with Crippen molar-refractivity contribution in [3.8, 4) is 11.3 Å². The van der Waals surface area contributed by atoms with Crippen molar-refractivity contribution >= 4 is 27.6 Å². The minimum absolute atomic E-state index is 0.170. The van der Waals surface area contributed by atoms with Crippen molar-refractivity contribution in [1.29, 1.82) is 0 Å². The molecule has 0 aliphatic carbocycles. The van der Waals surface area contributed by atoms with E-state index >= 15 is 0 Å². The van der Waals surface area contributed by atoms with E-state index in [1.807, 2.05) is 25.1 Å². The molecule has 0 saturated carbocycles. The number of nitrogens with two attached hydrogens (primary N) is 2. The van der Waals surface area contributed by atoms with Gasteiger partial charge in [0.05, 0.1) is 0 Å². The highest BCUT2D eigenvalue weighted by Gasteiger charge is 2.10. The normalized spacial score (nSPS) is 10.5. The topological polar surface area (TPSA) is 78.1 Å². The summed E-state index contributed by atoms with van der Waals surface area (Å²) in [5.74, 6) is 0.689. The SMILES string of the molecule is Cc1oc(N)nc1-c1ccc(Br)c(N)c1. The molecule has 0 aliphatic heterocycles. The number of benzene rings is 1. The van der Waals surface area contributed by atoms with E-state index in [1.165, 1.54) is 0 Å². The number of hydrogen-bond donors (Lipinski definition) is 2. The maximum absolute atomic E-state index is 5.78. The maximum atomic E-state index is 5.78. The second-order valence-electron chi connectivity index (χ2n) is 3.19. The van der Waals surface area contributed by atoms with Crippen LogP contribution in [0.15, 0.2) is 27.1 Å². The van der Waals surface area contributed by atoms with Gasteiger partial charge in [-0.15, -0.1) is 0 Å². The largest absolute Gasteiger partial charge is 0.429 e. The van der Waals surface area contributed by atoms with E-state index in [1.54, 1.807) is 0 Å². The zero-order valence-electron chi connectivity index (χ0n) is 8.12. The van der Waals surface area contributed by atoms with Gasteiger partial charge in [0, 0.05) is 15.7 Å². The number of oxazole rings is 1. The van der Waals surface area contributed by atoms with Crippen LogP contribution in [0.2, 0.25) is 0 Å². The first-order valence-corrected chi connectivity index (χ1v) is 5.15. The minimum Gasteiger partial charge on any atom is -0.429 e. The molecule has 2 rings (SSSR count). The van der Waals surface area contributed by atoms with Crippen LogP contribution in [0.1, 0.15) is 5.76 Å². The molecule has 0 saturated heterocycles. The van der Waals surface area contributed by atoms with Crippen LogP contribution in [0.4, 0.5) is 11.7 Å². The van der Waals surface area contributed by atoms with Gasteiger partial charge in [-0.05, 0) is 35.0 Å². The summed E-state index contributed by atoms with van der Waals surface area (Å²) in [6, 6.07) is 5.78. The number of hydrogen-bond acceptors (Lipinski definition) is 4. The van der Waals surface area contributed by atoms with E-state index in [0.717, 1.165) is 15.7 Å². The molecule has 1 heterocycles. The van der Waals surface area contributed by atoms with Crippen LogP contribution < -0.4 is 11.5 Å². The van der Waals surface area contributed by atoms with E-state index < -0.39 is 0 Å². The lowest BCUT2D eigenvalue weighted by molar-refractivity contribution is 0.549. The van der Waals surface area contributed by atoms with Crippen LogP contribution in [0.3, 0.4) is 0 Å². The summed E-state index contributed by atoms with van der Waals surface area (Å²) in [4.78, 5) is 4.09. The Labute approximate surface area is 95.4 Å². The molecule has 4 nitrogen and oxygen atoms in total.